The van der Waals surface area contributed by atoms with Crippen LogP contribution in [0.5, 0.6) is 0 Å². The maximum absolute atomic E-state index is 12.9. The first-order chi connectivity index (χ1) is 11.6. The Labute approximate surface area is 140 Å². The third kappa shape index (κ3) is 2.37. The number of aromatic amines is 2. The van der Waals surface area contributed by atoms with E-state index in [2.05, 4.69) is 30.6 Å². The van der Waals surface area contributed by atoms with Crippen molar-refractivity contribution in [3.05, 3.63) is 58.5 Å². The molecular formula is C15H12ClN7O. The lowest BCUT2D eigenvalue weighted by atomic mass is 10.0. The fourth-order valence-corrected chi connectivity index (χ4v) is 2.89. The Kier molecular flexibility index (Phi) is 3.39. The van der Waals surface area contributed by atoms with Gasteiger partial charge in [0.2, 0.25) is 5.78 Å². The van der Waals surface area contributed by atoms with E-state index < -0.39 is 0 Å². The highest BCUT2D eigenvalue weighted by Crippen LogP contribution is 2.28. The number of nitrogens with zero attached hydrogens (tertiary/aromatic N) is 5. The lowest BCUT2D eigenvalue weighted by molar-refractivity contribution is 0.102. The predicted octanol–water partition coefficient (Wildman–Crippen LogP) is 1.89. The Hall–Kier alpha value is -3.00. The summed E-state index contributed by atoms with van der Waals surface area (Å²) in [7, 11) is 1.78. The Morgan fingerprint density at radius 2 is 2.25 bits per heavy atom. The third-order valence-electron chi connectivity index (χ3n) is 3.85. The van der Waals surface area contributed by atoms with E-state index in [0.29, 0.717) is 28.8 Å². The summed E-state index contributed by atoms with van der Waals surface area (Å²) in [6, 6.07) is 5.45. The highest BCUT2D eigenvalue weighted by Gasteiger charge is 2.23. The van der Waals surface area contributed by atoms with Crippen molar-refractivity contribution in [2.24, 2.45) is 7.05 Å². The Morgan fingerprint density at radius 3 is 2.96 bits per heavy atom. The summed E-state index contributed by atoms with van der Waals surface area (Å²) in [6.07, 6.45) is 3.71. The van der Waals surface area contributed by atoms with Crippen molar-refractivity contribution in [3.8, 4) is 0 Å². The standard InChI is InChI=1S/C15H12ClN7O/c1-23-5-4-17-15(23)14(24)13-10(7-12-19-21-22-20-12)9-3-2-8(16)6-11(9)18-13/h2-6,18H,7H2,1H3,(H,19,20,21,22). The number of hydrogen-bond acceptors (Lipinski definition) is 5. The number of imidazole rings is 1. The molecular weight excluding hydrogens is 330 g/mol. The molecule has 3 aromatic heterocycles. The summed E-state index contributed by atoms with van der Waals surface area (Å²) in [6.45, 7) is 0. The van der Waals surface area contributed by atoms with Crippen LogP contribution in [0.1, 0.15) is 27.7 Å². The van der Waals surface area contributed by atoms with Crippen LogP contribution in [0.2, 0.25) is 5.02 Å². The predicted molar refractivity (Wildman–Crippen MR) is 86.9 cm³/mol. The summed E-state index contributed by atoms with van der Waals surface area (Å²) in [5.41, 5.74) is 2.04. The fourth-order valence-electron chi connectivity index (χ4n) is 2.72. The van der Waals surface area contributed by atoms with Crippen molar-refractivity contribution in [1.82, 2.24) is 35.2 Å². The summed E-state index contributed by atoms with van der Waals surface area (Å²) in [4.78, 5) is 20.2. The number of aryl methyl sites for hydroxylation is 1. The zero-order valence-corrected chi connectivity index (χ0v) is 13.4. The van der Waals surface area contributed by atoms with Gasteiger partial charge in [0, 0.05) is 41.8 Å². The number of halogens is 1. The molecule has 0 atom stereocenters. The number of carbonyl (C=O) groups excluding carboxylic acids is 1. The Balaban J connectivity index is 1.90. The number of rotatable bonds is 4. The highest BCUT2D eigenvalue weighted by molar-refractivity contribution is 6.31. The SMILES string of the molecule is Cn1ccnc1C(=O)c1[nH]c2cc(Cl)ccc2c1Cc1nnn[nH]1. The highest BCUT2D eigenvalue weighted by atomic mass is 35.5. The monoisotopic (exact) mass is 341 g/mol. The normalized spacial score (nSPS) is 11.2. The van der Waals surface area contributed by atoms with Crippen molar-refractivity contribution in [1.29, 1.82) is 0 Å². The number of H-pyrrole nitrogens is 2. The molecule has 0 aliphatic heterocycles. The van der Waals surface area contributed by atoms with Crippen LogP contribution >= 0.6 is 11.6 Å². The third-order valence-corrected chi connectivity index (χ3v) is 4.09. The van der Waals surface area contributed by atoms with Crippen LogP contribution < -0.4 is 0 Å². The van der Waals surface area contributed by atoms with Crippen LogP contribution in [-0.2, 0) is 13.5 Å². The zero-order valence-electron chi connectivity index (χ0n) is 12.6. The first-order valence-electron chi connectivity index (χ1n) is 7.18. The Bertz CT molecular complexity index is 1030. The minimum Gasteiger partial charge on any atom is -0.351 e. The number of fused-ring (bicyclic) bond motifs is 1. The topological polar surface area (TPSA) is 105 Å². The van der Waals surface area contributed by atoms with E-state index in [-0.39, 0.29) is 5.78 Å². The van der Waals surface area contributed by atoms with Crippen LogP contribution in [0.15, 0.2) is 30.6 Å². The molecule has 3 heterocycles. The molecule has 8 nitrogen and oxygen atoms in total. The van der Waals surface area contributed by atoms with Gasteiger partial charge in [0.05, 0.1) is 5.69 Å². The molecule has 1 aromatic carbocycles. The van der Waals surface area contributed by atoms with Crippen LogP contribution in [0.4, 0.5) is 0 Å². The molecule has 0 fully saturated rings. The molecule has 0 radical (unpaired) electrons. The van der Waals surface area contributed by atoms with Gasteiger partial charge in [-0.1, -0.05) is 17.7 Å². The fraction of sp³-hybridized carbons (Fsp3) is 0.133. The second-order valence-corrected chi connectivity index (χ2v) is 5.82. The first kappa shape index (κ1) is 14.6. The van der Waals surface area contributed by atoms with Gasteiger partial charge in [-0.25, -0.2) is 10.1 Å². The molecule has 0 aliphatic rings. The summed E-state index contributed by atoms with van der Waals surface area (Å²) < 4.78 is 1.68. The molecule has 9 heteroatoms. The van der Waals surface area contributed by atoms with Crippen molar-refractivity contribution >= 4 is 28.3 Å². The maximum atomic E-state index is 12.9. The van der Waals surface area contributed by atoms with Gasteiger partial charge >= 0.3 is 0 Å². The number of nitrogens with one attached hydrogen (secondary N) is 2. The molecule has 0 bridgehead atoms. The molecule has 4 aromatic rings. The molecule has 0 amide bonds. The van der Waals surface area contributed by atoms with E-state index in [4.69, 9.17) is 11.6 Å². The summed E-state index contributed by atoms with van der Waals surface area (Å²) >= 11 is 6.07. The lowest BCUT2D eigenvalue weighted by Gasteiger charge is -2.03. The number of tetrazole rings is 1. The minimum absolute atomic E-state index is 0.197. The van der Waals surface area contributed by atoms with Gasteiger partial charge in [-0.2, -0.15) is 0 Å². The molecule has 0 spiro atoms. The number of benzene rings is 1. The molecule has 24 heavy (non-hydrogen) atoms. The first-order valence-corrected chi connectivity index (χ1v) is 7.56. The van der Waals surface area contributed by atoms with Crippen LogP contribution in [0, 0.1) is 0 Å². The number of aromatic nitrogens is 7. The van der Waals surface area contributed by atoms with Crippen molar-refractivity contribution in [3.63, 3.8) is 0 Å². The number of hydrogen-bond donors (Lipinski definition) is 2. The van der Waals surface area contributed by atoms with Gasteiger partial charge in [-0.05, 0) is 28.1 Å². The van der Waals surface area contributed by atoms with Crippen molar-refractivity contribution < 1.29 is 4.79 Å². The summed E-state index contributed by atoms with van der Waals surface area (Å²) in [5.74, 6) is 0.724. The van der Waals surface area contributed by atoms with Crippen LogP contribution in [-0.4, -0.2) is 40.9 Å². The van der Waals surface area contributed by atoms with Crippen LogP contribution in [0.3, 0.4) is 0 Å². The van der Waals surface area contributed by atoms with Gasteiger partial charge in [0.25, 0.3) is 0 Å². The molecule has 0 aliphatic carbocycles. The van der Waals surface area contributed by atoms with E-state index in [1.54, 1.807) is 36.1 Å². The van der Waals surface area contributed by atoms with E-state index in [9.17, 15) is 4.79 Å². The zero-order chi connectivity index (χ0) is 16.7. The van der Waals surface area contributed by atoms with Gasteiger partial charge in [-0.3, -0.25) is 4.79 Å². The van der Waals surface area contributed by atoms with E-state index >= 15 is 0 Å². The lowest BCUT2D eigenvalue weighted by Crippen LogP contribution is -2.11. The second-order valence-electron chi connectivity index (χ2n) is 5.38. The average Bonchev–Trinajstić information content (AvgIpc) is 3.28. The largest absolute Gasteiger partial charge is 0.351 e. The molecule has 0 unspecified atom stereocenters. The van der Waals surface area contributed by atoms with E-state index in [1.807, 2.05) is 6.07 Å². The van der Waals surface area contributed by atoms with Crippen LogP contribution in [0.25, 0.3) is 10.9 Å². The maximum Gasteiger partial charge on any atom is 0.244 e. The molecule has 0 saturated carbocycles. The minimum atomic E-state index is -0.197. The molecule has 2 N–H and O–H groups in total. The molecule has 120 valence electrons. The van der Waals surface area contributed by atoms with E-state index in [1.165, 1.54) is 0 Å². The van der Waals surface area contributed by atoms with E-state index in [0.717, 1.165) is 16.5 Å². The quantitative estimate of drug-likeness (QED) is 0.551. The molecule has 4 rings (SSSR count). The van der Waals surface area contributed by atoms with Gasteiger partial charge in [0.15, 0.2) is 11.6 Å². The Morgan fingerprint density at radius 1 is 1.38 bits per heavy atom. The average molecular weight is 342 g/mol. The van der Waals surface area contributed by atoms with Gasteiger partial charge in [0.1, 0.15) is 0 Å². The number of ketones is 1. The molecule has 0 saturated heterocycles. The van der Waals surface area contributed by atoms with Gasteiger partial charge in [-0.15, -0.1) is 5.10 Å². The number of carbonyl (C=O) groups is 1. The van der Waals surface area contributed by atoms with Gasteiger partial charge < -0.3 is 9.55 Å². The van der Waals surface area contributed by atoms with Crippen molar-refractivity contribution in [2.75, 3.05) is 0 Å². The smallest absolute Gasteiger partial charge is 0.244 e. The summed E-state index contributed by atoms with van der Waals surface area (Å²) in [5, 5.41) is 15.3. The van der Waals surface area contributed by atoms with Crippen molar-refractivity contribution in [2.45, 2.75) is 6.42 Å². The second kappa shape index (κ2) is 5.57.